The molecule has 0 atom stereocenters. The third-order valence-corrected chi connectivity index (χ3v) is 4.62. The number of phenols is 1. The minimum Gasteiger partial charge on any atom is -0.507 e. The number of rotatable bonds is 5. The second-order valence-electron chi connectivity index (χ2n) is 5.72. The molecule has 0 aromatic heterocycles. The molecule has 0 saturated heterocycles. The van der Waals surface area contributed by atoms with Crippen molar-refractivity contribution in [3.05, 3.63) is 80.3 Å². The van der Waals surface area contributed by atoms with Gasteiger partial charge in [-0.25, -0.2) is 5.43 Å². The van der Waals surface area contributed by atoms with Crippen molar-refractivity contribution in [3.8, 4) is 5.75 Å². The van der Waals surface area contributed by atoms with Gasteiger partial charge in [-0.2, -0.15) is 5.10 Å². The molecule has 3 rings (SSSR count). The van der Waals surface area contributed by atoms with Crippen molar-refractivity contribution in [1.29, 1.82) is 0 Å². The Bertz CT molecular complexity index is 1070. The first-order chi connectivity index (χ1) is 13.0. The van der Waals surface area contributed by atoms with Crippen LogP contribution < -0.4 is 5.43 Å². The number of nitro benzene ring substituents is 1. The lowest BCUT2D eigenvalue weighted by Crippen LogP contribution is -2.20. The number of carbonyl (C=O) groups excluding carboxylic acids is 1. The Morgan fingerprint density at radius 1 is 1.19 bits per heavy atom. The monoisotopic (exact) mass is 427 g/mol. The molecule has 0 heterocycles. The number of benzene rings is 3. The van der Waals surface area contributed by atoms with E-state index in [1.165, 1.54) is 24.4 Å². The van der Waals surface area contributed by atoms with Crippen LogP contribution in [0.15, 0.2) is 64.2 Å². The summed E-state index contributed by atoms with van der Waals surface area (Å²) in [5, 5.41) is 26.3. The van der Waals surface area contributed by atoms with Gasteiger partial charge in [-0.05, 0) is 28.5 Å². The Kier molecular flexibility index (Phi) is 5.46. The van der Waals surface area contributed by atoms with Crippen molar-refractivity contribution in [2.45, 2.75) is 6.42 Å². The van der Waals surface area contributed by atoms with Crippen LogP contribution in [0.1, 0.15) is 11.1 Å². The predicted molar refractivity (Wildman–Crippen MR) is 106 cm³/mol. The highest BCUT2D eigenvalue weighted by molar-refractivity contribution is 9.10. The van der Waals surface area contributed by atoms with Gasteiger partial charge in [0.1, 0.15) is 5.75 Å². The summed E-state index contributed by atoms with van der Waals surface area (Å²) in [6.07, 6.45) is 1.28. The van der Waals surface area contributed by atoms with Gasteiger partial charge in [0, 0.05) is 22.2 Å². The molecule has 2 N–H and O–H groups in total. The van der Waals surface area contributed by atoms with Crippen LogP contribution in [0.5, 0.6) is 5.75 Å². The molecule has 0 radical (unpaired) electrons. The van der Waals surface area contributed by atoms with Gasteiger partial charge < -0.3 is 5.11 Å². The van der Waals surface area contributed by atoms with E-state index in [0.29, 0.717) is 0 Å². The van der Waals surface area contributed by atoms with Gasteiger partial charge in [0.05, 0.1) is 17.6 Å². The van der Waals surface area contributed by atoms with Crippen LogP contribution in [0.2, 0.25) is 0 Å². The van der Waals surface area contributed by atoms with Crippen molar-refractivity contribution < 1.29 is 14.8 Å². The number of hydrogen-bond donors (Lipinski definition) is 2. The maximum atomic E-state index is 12.2. The Hall–Kier alpha value is -3.26. The first-order valence-electron chi connectivity index (χ1n) is 7.91. The lowest BCUT2D eigenvalue weighted by atomic mass is 10.0. The fraction of sp³-hybridized carbons (Fsp3) is 0.0526. The zero-order chi connectivity index (χ0) is 19.4. The van der Waals surface area contributed by atoms with Crippen LogP contribution in [0.4, 0.5) is 5.69 Å². The third-order valence-electron chi connectivity index (χ3n) is 3.93. The number of phenolic OH excluding ortho intramolecular Hbond substituents is 1. The number of amides is 1. The lowest BCUT2D eigenvalue weighted by Gasteiger charge is -2.07. The Labute approximate surface area is 162 Å². The highest BCUT2D eigenvalue weighted by Gasteiger charge is 2.10. The summed E-state index contributed by atoms with van der Waals surface area (Å²) in [6, 6.07) is 15.0. The van der Waals surface area contributed by atoms with E-state index >= 15 is 0 Å². The molecule has 1 amide bonds. The lowest BCUT2D eigenvalue weighted by molar-refractivity contribution is -0.384. The molecular weight excluding hydrogens is 414 g/mol. The van der Waals surface area contributed by atoms with E-state index in [1.807, 2.05) is 36.4 Å². The maximum absolute atomic E-state index is 12.2. The largest absolute Gasteiger partial charge is 0.507 e. The predicted octanol–water partition coefficient (Wildman–Crippen LogP) is 3.91. The highest BCUT2D eigenvalue weighted by Crippen LogP contribution is 2.27. The van der Waals surface area contributed by atoms with E-state index in [2.05, 4.69) is 26.5 Å². The molecule has 0 unspecified atom stereocenters. The third kappa shape index (κ3) is 4.29. The summed E-state index contributed by atoms with van der Waals surface area (Å²) in [5.74, 6) is -0.513. The van der Waals surface area contributed by atoms with Crippen LogP contribution in [0.3, 0.4) is 0 Å². The summed E-state index contributed by atoms with van der Waals surface area (Å²) in [4.78, 5) is 22.4. The summed E-state index contributed by atoms with van der Waals surface area (Å²) in [7, 11) is 0. The molecule has 136 valence electrons. The van der Waals surface area contributed by atoms with Gasteiger partial charge in [0.15, 0.2) is 0 Å². The number of aromatic hydroxyl groups is 1. The summed E-state index contributed by atoms with van der Waals surface area (Å²) in [5.41, 5.74) is 3.18. The number of hydrazone groups is 1. The number of nitro groups is 1. The van der Waals surface area contributed by atoms with Gasteiger partial charge in [0.25, 0.3) is 5.69 Å². The number of fused-ring (bicyclic) bond motifs is 1. The minimum atomic E-state index is -0.575. The summed E-state index contributed by atoms with van der Waals surface area (Å²) >= 11 is 3.49. The van der Waals surface area contributed by atoms with E-state index in [-0.39, 0.29) is 29.3 Å². The van der Waals surface area contributed by atoms with Crippen molar-refractivity contribution in [3.63, 3.8) is 0 Å². The molecule has 3 aromatic carbocycles. The summed E-state index contributed by atoms with van der Waals surface area (Å²) < 4.78 is 0.946. The van der Waals surface area contributed by atoms with Crippen LogP contribution >= 0.6 is 15.9 Å². The number of hydrogen-bond acceptors (Lipinski definition) is 5. The van der Waals surface area contributed by atoms with Crippen LogP contribution in [-0.2, 0) is 11.2 Å². The standard InChI is InChI=1S/C19H14BrN3O4/c20-17-7-5-12(15-3-1-2-4-16(15)17)10-19(25)22-21-11-13-9-14(23(26)27)6-8-18(13)24/h1-9,11,24H,10H2,(H,22,25)/b21-11-. The van der Waals surface area contributed by atoms with E-state index in [9.17, 15) is 20.0 Å². The van der Waals surface area contributed by atoms with Gasteiger partial charge in [-0.15, -0.1) is 0 Å². The molecule has 0 fully saturated rings. The highest BCUT2D eigenvalue weighted by atomic mass is 79.9. The van der Waals surface area contributed by atoms with E-state index in [0.717, 1.165) is 20.8 Å². The quantitative estimate of drug-likeness (QED) is 0.365. The molecule has 0 aliphatic heterocycles. The normalized spacial score (nSPS) is 11.0. The minimum absolute atomic E-state index is 0.117. The average molecular weight is 428 g/mol. The van der Waals surface area contributed by atoms with E-state index in [4.69, 9.17) is 0 Å². The first kappa shape index (κ1) is 18.5. The second kappa shape index (κ2) is 7.96. The number of nitrogens with one attached hydrogen (secondary N) is 1. The van der Waals surface area contributed by atoms with Crippen molar-refractivity contribution in [1.82, 2.24) is 5.43 Å². The maximum Gasteiger partial charge on any atom is 0.270 e. The molecule has 27 heavy (non-hydrogen) atoms. The van der Waals surface area contributed by atoms with Gasteiger partial charge in [0.2, 0.25) is 5.91 Å². The molecule has 7 nitrogen and oxygen atoms in total. The van der Waals surface area contributed by atoms with Gasteiger partial charge >= 0.3 is 0 Å². The fourth-order valence-electron chi connectivity index (χ4n) is 2.62. The van der Waals surface area contributed by atoms with E-state index in [1.54, 1.807) is 0 Å². The molecular formula is C19H14BrN3O4. The first-order valence-corrected chi connectivity index (χ1v) is 8.70. The van der Waals surface area contributed by atoms with E-state index < -0.39 is 4.92 Å². The molecule has 8 heteroatoms. The molecule has 0 aliphatic carbocycles. The number of nitrogens with zero attached hydrogens (tertiary/aromatic N) is 2. The zero-order valence-electron chi connectivity index (χ0n) is 13.9. The Morgan fingerprint density at radius 2 is 1.93 bits per heavy atom. The zero-order valence-corrected chi connectivity index (χ0v) is 15.5. The topological polar surface area (TPSA) is 105 Å². The summed E-state index contributed by atoms with van der Waals surface area (Å²) in [6.45, 7) is 0. The smallest absolute Gasteiger partial charge is 0.270 e. The molecule has 0 bridgehead atoms. The van der Waals surface area contributed by atoms with Crippen LogP contribution in [0.25, 0.3) is 10.8 Å². The molecule has 0 spiro atoms. The number of non-ortho nitro benzene ring substituents is 1. The Morgan fingerprint density at radius 3 is 2.67 bits per heavy atom. The Balaban J connectivity index is 1.72. The van der Waals surface area contributed by atoms with Gasteiger partial charge in [-0.1, -0.05) is 46.3 Å². The van der Waals surface area contributed by atoms with Crippen LogP contribution in [-0.4, -0.2) is 22.2 Å². The molecule has 0 saturated carbocycles. The van der Waals surface area contributed by atoms with Crippen molar-refractivity contribution in [2.24, 2.45) is 5.10 Å². The average Bonchev–Trinajstić information content (AvgIpc) is 2.65. The fourth-order valence-corrected chi connectivity index (χ4v) is 3.10. The number of carbonyl (C=O) groups is 1. The molecule has 0 aliphatic rings. The van der Waals surface area contributed by atoms with Crippen molar-refractivity contribution >= 4 is 44.5 Å². The van der Waals surface area contributed by atoms with Gasteiger partial charge in [-0.3, -0.25) is 14.9 Å². The van der Waals surface area contributed by atoms with Crippen molar-refractivity contribution in [2.75, 3.05) is 0 Å². The number of halogens is 1. The molecule has 3 aromatic rings. The van der Waals surface area contributed by atoms with Crippen LogP contribution in [0, 0.1) is 10.1 Å². The SMILES string of the molecule is O=C(Cc1ccc(Br)c2ccccc12)N/N=C\c1cc([N+](=O)[O-])ccc1O. The second-order valence-corrected chi connectivity index (χ2v) is 6.58.